The van der Waals surface area contributed by atoms with Gasteiger partial charge in [0.1, 0.15) is 17.1 Å². The predicted octanol–water partition coefficient (Wildman–Crippen LogP) is 3.33. The number of rotatable bonds is 3. The molecule has 0 bridgehead atoms. The molecule has 7 nitrogen and oxygen atoms in total. The number of H-pyrrole nitrogens is 1. The van der Waals surface area contributed by atoms with Gasteiger partial charge in [-0.25, -0.2) is 0 Å². The molecule has 1 amide bonds. The van der Waals surface area contributed by atoms with Crippen LogP contribution in [-0.2, 0) is 16.0 Å². The van der Waals surface area contributed by atoms with Gasteiger partial charge in [-0.1, -0.05) is 35.9 Å². The number of anilines is 1. The van der Waals surface area contributed by atoms with E-state index in [0.29, 0.717) is 28.3 Å². The lowest BCUT2D eigenvalue weighted by Gasteiger charge is -2.31. The van der Waals surface area contributed by atoms with E-state index in [1.807, 2.05) is 55.5 Å². The Balaban J connectivity index is 1.66. The number of nitriles is 1. The summed E-state index contributed by atoms with van der Waals surface area (Å²) in [7, 11) is 0. The summed E-state index contributed by atoms with van der Waals surface area (Å²) in [4.78, 5) is 14.5. The van der Waals surface area contributed by atoms with Crippen molar-refractivity contribution in [2.45, 2.75) is 23.0 Å². The van der Waals surface area contributed by atoms with E-state index in [1.54, 1.807) is 11.8 Å². The summed E-state index contributed by atoms with van der Waals surface area (Å²) in [6.45, 7) is 2.04. The van der Waals surface area contributed by atoms with Crippen LogP contribution in [0.25, 0.3) is 0 Å². The zero-order chi connectivity index (χ0) is 20.9. The van der Waals surface area contributed by atoms with Crippen LogP contribution in [-0.4, -0.2) is 16.1 Å². The molecule has 5 rings (SSSR count). The number of aromatic amines is 1. The molecule has 0 fully saturated rings. The monoisotopic (exact) mass is 415 g/mol. The van der Waals surface area contributed by atoms with Crippen LogP contribution in [0, 0.1) is 18.3 Å². The number of aromatic nitrogens is 2. The average molecular weight is 415 g/mol. The standard InChI is InChI=1S/C22H17N5O2S/c1-12-6-8-13(9-7-12)30-11-17-18-20(27-26-17)29-19(24)15(10-23)22(18)14-4-2-3-5-16(14)25-21(22)28/h2-9H,11,24H2,1H3,(H,25,28)(H,26,27)/t22-/m0/s1. The molecule has 1 atom stereocenters. The lowest BCUT2D eigenvalue weighted by Crippen LogP contribution is -2.42. The summed E-state index contributed by atoms with van der Waals surface area (Å²) in [5.74, 6) is 0.291. The van der Waals surface area contributed by atoms with Gasteiger partial charge in [-0.2, -0.15) is 5.26 Å². The summed E-state index contributed by atoms with van der Waals surface area (Å²) in [5.41, 5.74) is 8.49. The molecule has 0 radical (unpaired) electrons. The molecule has 2 aliphatic heterocycles. The third-order valence-corrected chi connectivity index (χ3v) is 6.49. The van der Waals surface area contributed by atoms with Crippen LogP contribution < -0.4 is 15.8 Å². The van der Waals surface area contributed by atoms with Crippen molar-refractivity contribution in [1.29, 1.82) is 5.26 Å². The van der Waals surface area contributed by atoms with Crippen molar-refractivity contribution in [3.8, 4) is 11.9 Å². The van der Waals surface area contributed by atoms with Gasteiger partial charge in [0.15, 0.2) is 0 Å². The van der Waals surface area contributed by atoms with Crippen LogP contribution in [0.4, 0.5) is 5.69 Å². The molecule has 30 heavy (non-hydrogen) atoms. The Morgan fingerprint density at radius 2 is 2.00 bits per heavy atom. The number of para-hydroxylation sites is 1. The van der Waals surface area contributed by atoms with Gasteiger partial charge < -0.3 is 15.8 Å². The van der Waals surface area contributed by atoms with Gasteiger partial charge in [0, 0.05) is 21.9 Å². The molecule has 0 saturated carbocycles. The predicted molar refractivity (Wildman–Crippen MR) is 113 cm³/mol. The number of hydrogen-bond acceptors (Lipinski definition) is 6. The Morgan fingerprint density at radius 1 is 1.23 bits per heavy atom. The van der Waals surface area contributed by atoms with Crippen molar-refractivity contribution in [2.75, 3.05) is 5.32 Å². The first-order valence-corrected chi connectivity index (χ1v) is 10.3. The van der Waals surface area contributed by atoms with Gasteiger partial charge in [0.05, 0.1) is 11.3 Å². The third-order valence-electron chi connectivity index (χ3n) is 5.45. The minimum absolute atomic E-state index is 0.0698. The van der Waals surface area contributed by atoms with Crippen molar-refractivity contribution in [1.82, 2.24) is 10.2 Å². The summed E-state index contributed by atoms with van der Waals surface area (Å²) in [5, 5.41) is 20.1. The molecule has 3 aromatic rings. The van der Waals surface area contributed by atoms with E-state index >= 15 is 0 Å². The second-order valence-corrected chi connectivity index (χ2v) is 8.24. The van der Waals surface area contributed by atoms with Gasteiger partial charge in [-0.15, -0.1) is 16.9 Å². The number of ether oxygens (including phenoxy) is 1. The van der Waals surface area contributed by atoms with E-state index in [-0.39, 0.29) is 23.2 Å². The normalized spacial score (nSPS) is 19.1. The van der Waals surface area contributed by atoms with Crippen LogP contribution in [0.1, 0.15) is 22.4 Å². The maximum absolute atomic E-state index is 13.4. The van der Waals surface area contributed by atoms with E-state index < -0.39 is 5.41 Å². The number of carbonyl (C=O) groups excluding carboxylic acids is 1. The first-order chi connectivity index (χ1) is 14.6. The van der Waals surface area contributed by atoms with E-state index in [4.69, 9.17) is 10.5 Å². The maximum atomic E-state index is 13.4. The first kappa shape index (κ1) is 18.3. The fraction of sp³-hybridized carbons (Fsp3) is 0.136. The molecule has 3 heterocycles. The van der Waals surface area contributed by atoms with Crippen LogP contribution in [0.2, 0.25) is 0 Å². The summed E-state index contributed by atoms with van der Waals surface area (Å²) in [6, 6.07) is 17.6. The van der Waals surface area contributed by atoms with Gasteiger partial charge in [0.25, 0.3) is 0 Å². The zero-order valence-corrected chi connectivity index (χ0v) is 16.8. The molecular formula is C22H17N5O2S. The molecule has 1 spiro atoms. The lowest BCUT2D eigenvalue weighted by atomic mass is 9.69. The number of carbonyl (C=O) groups is 1. The molecule has 4 N–H and O–H groups in total. The van der Waals surface area contributed by atoms with E-state index in [2.05, 4.69) is 21.6 Å². The van der Waals surface area contributed by atoms with Crippen molar-refractivity contribution >= 4 is 23.4 Å². The van der Waals surface area contributed by atoms with Gasteiger partial charge in [-0.3, -0.25) is 9.89 Å². The van der Waals surface area contributed by atoms with Crippen molar-refractivity contribution in [2.24, 2.45) is 5.73 Å². The third kappa shape index (κ3) is 2.46. The maximum Gasteiger partial charge on any atom is 0.245 e. The SMILES string of the molecule is Cc1ccc(SCc2[nH]nc3c2[C@@]2(C(=O)Nc4ccccc42)C(C#N)=C(N)O3)cc1. The lowest BCUT2D eigenvalue weighted by molar-refractivity contribution is -0.118. The number of fused-ring (bicyclic) bond motifs is 4. The fourth-order valence-electron chi connectivity index (χ4n) is 4.07. The average Bonchev–Trinajstić information content (AvgIpc) is 3.27. The highest BCUT2D eigenvalue weighted by Gasteiger charge is 2.58. The second-order valence-electron chi connectivity index (χ2n) is 7.19. The molecule has 1 aromatic heterocycles. The van der Waals surface area contributed by atoms with Crippen LogP contribution in [0.3, 0.4) is 0 Å². The Morgan fingerprint density at radius 3 is 2.77 bits per heavy atom. The Kier molecular flexibility index (Phi) is 4.08. The summed E-state index contributed by atoms with van der Waals surface area (Å²) >= 11 is 1.61. The number of hydrogen-bond donors (Lipinski definition) is 3. The number of aryl methyl sites for hydroxylation is 1. The Labute approximate surface area is 176 Å². The molecule has 0 saturated heterocycles. The number of benzene rings is 2. The topological polar surface area (TPSA) is 117 Å². The molecule has 0 unspecified atom stereocenters. The minimum atomic E-state index is -1.39. The van der Waals surface area contributed by atoms with Crippen molar-refractivity contribution in [3.05, 3.63) is 82.4 Å². The zero-order valence-electron chi connectivity index (χ0n) is 16.0. The Hall–Kier alpha value is -3.70. The summed E-state index contributed by atoms with van der Waals surface area (Å²) in [6.07, 6.45) is 0. The molecule has 148 valence electrons. The second kappa shape index (κ2) is 6.68. The smallest absolute Gasteiger partial charge is 0.245 e. The number of nitrogens with two attached hydrogens (primary N) is 1. The quantitative estimate of drug-likeness (QED) is 0.565. The van der Waals surface area contributed by atoms with Crippen LogP contribution in [0.15, 0.2) is 64.9 Å². The highest BCUT2D eigenvalue weighted by atomic mass is 32.2. The van der Waals surface area contributed by atoms with Crippen LogP contribution in [0.5, 0.6) is 5.88 Å². The van der Waals surface area contributed by atoms with E-state index in [1.165, 1.54) is 5.56 Å². The molecule has 8 heteroatoms. The number of thioether (sulfide) groups is 1. The molecule has 2 aliphatic rings. The van der Waals surface area contributed by atoms with Crippen LogP contribution >= 0.6 is 11.8 Å². The number of amides is 1. The number of nitrogens with one attached hydrogen (secondary N) is 2. The van der Waals surface area contributed by atoms with Gasteiger partial charge in [-0.05, 0) is 25.1 Å². The fourth-order valence-corrected chi connectivity index (χ4v) is 4.92. The van der Waals surface area contributed by atoms with Gasteiger partial charge in [0.2, 0.25) is 17.7 Å². The summed E-state index contributed by atoms with van der Waals surface area (Å²) < 4.78 is 5.64. The minimum Gasteiger partial charge on any atom is -0.420 e. The first-order valence-electron chi connectivity index (χ1n) is 9.32. The van der Waals surface area contributed by atoms with Crippen molar-refractivity contribution < 1.29 is 9.53 Å². The molecule has 0 aliphatic carbocycles. The largest absolute Gasteiger partial charge is 0.420 e. The highest BCUT2D eigenvalue weighted by Crippen LogP contribution is 2.54. The van der Waals surface area contributed by atoms with Crippen molar-refractivity contribution in [3.63, 3.8) is 0 Å². The van der Waals surface area contributed by atoms with E-state index in [9.17, 15) is 10.1 Å². The Bertz CT molecular complexity index is 1260. The molecule has 2 aromatic carbocycles. The van der Waals surface area contributed by atoms with E-state index in [0.717, 1.165) is 4.90 Å². The highest BCUT2D eigenvalue weighted by molar-refractivity contribution is 7.98. The number of nitrogens with zero attached hydrogens (tertiary/aromatic N) is 2. The van der Waals surface area contributed by atoms with Gasteiger partial charge >= 0.3 is 0 Å². The molecular weight excluding hydrogens is 398 g/mol.